The molecule has 0 aliphatic heterocycles. The molecule has 2 bridgehead atoms. The average molecular weight is 188 g/mol. The van der Waals surface area contributed by atoms with Crippen LogP contribution in [0.15, 0.2) is 0 Å². The first kappa shape index (κ1) is 9.13. The highest BCUT2D eigenvalue weighted by Crippen LogP contribution is 2.71. The number of hydrogen-bond donors (Lipinski definition) is 1. The summed E-state index contributed by atoms with van der Waals surface area (Å²) in [6.07, 6.45) is -3.16. The molecule has 0 unspecified atom stereocenters. The predicted octanol–water partition coefficient (Wildman–Crippen LogP) is -2.28. The van der Waals surface area contributed by atoms with Crippen molar-refractivity contribution in [3.8, 4) is 0 Å². The van der Waals surface area contributed by atoms with Crippen molar-refractivity contribution in [2.75, 3.05) is 0 Å². The molecular weight excluding hydrogens is 179 g/mol. The summed E-state index contributed by atoms with van der Waals surface area (Å²) < 4.78 is 36.2. The lowest BCUT2D eigenvalue weighted by Gasteiger charge is -2.65. The molecule has 0 radical (unpaired) electrons. The molecule has 3 fully saturated rings. The van der Waals surface area contributed by atoms with Crippen molar-refractivity contribution in [1.29, 1.82) is 0 Å². The SMILES string of the molecule is [Cl-].[NH3+]C12CC(C(F)(F)F)(C1)C2. The maximum absolute atomic E-state index is 12.1. The normalized spacial score (nSPS) is 46.9. The van der Waals surface area contributed by atoms with Crippen LogP contribution in [0.25, 0.3) is 0 Å². The van der Waals surface area contributed by atoms with Crippen LogP contribution < -0.4 is 18.1 Å². The van der Waals surface area contributed by atoms with Crippen LogP contribution in [0.4, 0.5) is 13.2 Å². The summed E-state index contributed by atoms with van der Waals surface area (Å²) in [5.41, 5.74) is 2.22. The number of halogens is 4. The third-order valence-electron chi connectivity index (χ3n) is 2.74. The van der Waals surface area contributed by atoms with E-state index in [-0.39, 0.29) is 37.2 Å². The number of quaternary nitrogens is 1. The third kappa shape index (κ3) is 0.888. The number of hydrogen-bond acceptors (Lipinski definition) is 0. The van der Waals surface area contributed by atoms with Crippen LogP contribution >= 0.6 is 0 Å². The fourth-order valence-corrected chi connectivity index (χ4v) is 2.30. The van der Waals surface area contributed by atoms with Gasteiger partial charge < -0.3 is 18.1 Å². The number of alkyl halides is 3. The Morgan fingerprint density at radius 3 is 1.55 bits per heavy atom. The van der Waals surface area contributed by atoms with Crippen LogP contribution in [-0.2, 0) is 0 Å². The molecular formula is C6H9ClF3N. The molecule has 3 N–H and O–H groups in total. The van der Waals surface area contributed by atoms with Crippen molar-refractivity contribution in [2.45, 2.75) is 31.0 Å². The minimum atomic E-state index is -3.97. The highest BCUT2D eigenvalue weighted by molar-refractivity contribution is 5.20. The summed E-state index contributed by atoms with van der Waals surface area (Å²) in [5, 5.41) is 0. The molecule has 3 saturated carbocycles. The Kier molecular flexibility index (Phi) is 1.54. The van der Waals surface area contributed by atoms with Crippen molar-refractivity contribution in [3.63, 3.8) is 0 Å². The minimum Gasteiger partial charge on any atom is -1.00 e. The maximum Gasteiger partial charge on any atom is 0.395 e. The van der Waals surface area contributed by atoms with Gasteiger partial charge in [-0.05, 0) is 0 Å². The summed E-state index contributed by atoms with van der Waals surface area (Å²) in [7, 11) is 0. The summed E-state index contributed by atoms with van der Waals surface area (Å²) in [6.45, 7) is 0. The third-order valence-corrected chi connectivity index (χ3v) is 2.74. The fourth-order valence-electron chi connectivity index (χ4n) is 2.30. The highest BCUT2D eigenvalue weighted by atomic mass is 35.5. The van der Waals surface area contributed by atoms with E-state index in [1.165, 1.54) is 0 Å². The van der Waals surface area contributed by atoms with Crippen LogP contribution in [0.3, 0.4) is 0 Å². The Hall–Kier alpha value is 0.0400. The zero-order valence-electron chi connectivity index (χ0n) is 5.84. The molecule has 0 saturated heterocycles. The van der Waals surface area contributed by atoms with Crippen LogP contribution in [-0.4, -0.2) is 11.7 Å². The first-order chi connectivity index (χ1) is 4.37. The van der Waals surface area contributed by atoms with Gasteiger partial charge in [0.05, 0.1) is 11.0 Å². The fraction of sp³-hybridized carbons (Fsp3) is 1.00. The Bertz CT molecular complexity index is 169. The van der Waals surface area contributed by atoms with Crippen molar-refractivity contribution in [2.24, 2.45) is 5.41 Å². The van der Waals surface area contributed by atoms with E-state index < -0.39 is 11.6 Å². The second kappa shape index (κ2) is 1.85. The molecule has 0 aromatic carbocycles. The van der Waals surface area contributed by atoms with Crippen LogP contribution in [0.5, 0.6) is 0 Å². The molecule has 3 aliphatic rings. The first-order valence-corrected chi connectivity index (χ1v) is 3.29. The van der Waals surface area contributed by atoms with E-state index >= 15 is 0 Å². The Balaban J connectivity index is 0.000000605. The molecule has 3 aliphatic carbocycles. The van der Waals surface area contributed by atoms with E-state index in [9.17, 15) is 13.2 Å². The average Bonchev–Trinajstić information content (AvgIpc) is 1.51. The quantitative estimate of drug-likeness (QED) is 0.443. The molecule has 0 amide bonds. The van der Waals surface area contributed by atoms with Crippen LogP contribution in [0.1, 0.15) is 19.3 Å². The molecule has 0 heterocycles. The second-order valence-electron chi connectivity index (χ2n) is 3.81. The highest BCUT2D eigenvalue weighted by Gasteiger charge is 2.80. The lowest BCUT2D eigenvalue weighted by Crippen LogP contribution is -3.00. The van der Waals surface area contributed by atoms with Crippen molar-refractivity contribution < 1.29 is 31.3 Å². The smallest absolute Gasteiger partial charge is 0.395 e. The van der Waals surface area contributed by atoms with Crippen molar-refractivity contribution in [3.05, 3.63) is 0 Å². The summed E-state index contributed by atoms with van der Waals surface area (Å²) in [6, 6.07) is 0. The Morgan fingerprint density at radius 2 is 1.45 bits per heavy atom. The van der Waals surface area contributed by atoms with Gasteiger partial charge in [-0.2, -0.15) is 13.2 Å². The molecule has 66 valence electrons. The van der Waals surface area contributed by atoms with E-state index in [1.54, 1.807) is 0 Å². The molecule has 5 heteroatoms. The van der Waals surface area contributed by atoms with Gasteiger partial charge in [0.25, 0.3) is 0 Å². The van der Waals surface area contributed by atoms with Crippen LogP contribution in [0, 0.1) is 5.41 Å². The zero-order chi connectivity index (χ0) is 7.62. The van der Waals surface area contributed by atoms with Gasteiger partial charge in [0.15, 0.2) is 0 Å². The Labute approximate surface area is 68.5 Å². The Morgan fingerprint density at radius 1 is 1.09 bits per heavy atom. The van der Waals surface area contributed by atoms with Gasteiger partial charge in [-0.1, -0.05) is 0 Å². The molecule has 0 aromatic heterocycles. The molecule has 3 rings (SSSR count). The van der Waals surface area contributed by atoms with E-state index in [0.717, 1.165) is 0 Å². The van der Waals surface area contributed by atoms with Gasteiger partial charge in [-0.15, -0.1) is 0 Å². The van der Waals surface area contributed by atoms with E-state index in [2.05, 4.69) is 5.73 Å². The molecule has 0 atom stereocenters. The summed E-state index contributed by atoms with van der Waals surface area (Å²) in [5.74, 6) is 0. The minimum absolute atomic E-state index is 0. The van der Waals surface area contributed by atoms with E-state index in [0.29, 0.717) is 0 Å². The van der Waals surface area contributed by atoms with Crippen molar-refractivity contribution >= 4 is 0 Å². The van der Waals surface area contributed by atoms with Gasteiger partial charge in [0.1, 0.15) is 0 Å². The molecule has 0 aromatic rings. The van der Waals surface area contributed by atoms with Gasteiger partial charge in [-0.3, -0.25) is 0 Å². The first-order valence-electron chi connectivity index (χ1n) is 3.29. The molecule has 11 heavy (non-hydrogen) atoms. The standard InChI is InChI=1S/C6H8F3N.ClH/c7-6(8,9)4-1-5(10,2-4)3-4;/h1-3,10H2;1H. The predicted molar refractivity (Wildman–Crippen MR) is 28.0 cm³/mol. The molecule has 0 spiro atoms. The van der Waals surface area contributed by atoms with E-state index in [1.807, 2.05) is 0 Å². The maximum atomic E-state index is 12.1. The monoisotopic (exact) mass is 187 g/mol. The van der Waals surface area contributed by atoms with Gasteiger partial charge in [-0.25, -0.2) is 0 Å². The summed E-state index contributed by atoms with van der Waals surface area (Å²) in [4.78, 5) is 0. The van der Waals surface area contributed by atoms with Gasteiger partial charge >= 0.3 is 6.18 Å². The molecule has 1 nitrogen and oxygen atoms in total. The summed E-state index contributed by atoms with van der Waals surface area (Å²) >= 11 is 0. The van der Waals surface area contributed by atoms with E-state index in [4.69, 9.17) is 0 Å². The largest absolute Gasteiger partial charge is 1.00 e. The number of rotatable bonds is 0. The van der Waals surface area contributed by atoms with Crippen LogP contribution in [0.2, 0.25) is 0 Å². The van der Waals surface area contributed by atoms with Gasteiger partial charge in [0.2, 0.25) is 0 Å². The topological polar surface area (TPSA) is 27.6 Å². The lowest BCUT2D eigenvalue weighted by atomic mass is 9.39. The zero-order valence-corrected chi connectivity index (χ0v) is 6.60. The second-order valence-corrected chi connectivity index (χ2v) is 3.81. The lowest BCUT2D eigenvalue weighted by molar-refractivity contribution is -0.591. The van der Waals surface area contributed by atoms with Crippen molar-refractivity contribution in [1.82, 2.24) is 0 Å². The van der Waals surface area contributed by atoms with Gasteiger partial charge in [0, 0.05) is 19.3 Å².